The van der Waals surface area contributed by atoms with Crippen LogP contribution >= 0.6 is 11.3 Å². The second kappa shape index (κ2) is 12.0. The highest BCUT2D eigenvalue weighted by atomic mass is 32.1. The number of thiazole rings is 1. The number of rotatable bonds is 8. The fourth-order valence-electron chi connectivity index (χ4n) is 5.75. The third-order valence-electron chi connectivity index (χ3n) is 7.93. The summed E-state index contributed by atoms with van der Waals surface area (Å²) in [4.78, 5) is 38.8. The average Bonchev–Trinajstić information content (AvgIpc) is 3.71. The standard InChI is InChI=1S/C28H29F5N8O3S/c1-39-20-9-34-22(8-19(20)41(27(39)43)17-4-3-16(7-17)36-26(42)44-2)38-23-6-14(11-40-12-15(13-40)24(29)30)5-18(37-23)25-35-10-21(45-25)28(31,32)33/h5-6,8-10,15-17,24H,3-4,7,11-13H2,1-2H3,(H,36,42)(H,34,37,38)/t16-,17-/m1/s1/i1D3. The molecule has 0 aromatic carbocycles. The Morgan fingerprint density at radius 3 is 2.64 bits per heavy atom. The number of imidazole rings is 1. The molecule has 4 aromatic rings. The van der Waals surface area contributed by atoms with E-state index in [2.05, 4.69) is 30.3 Å². The van der Waals surface area contributed by atoms with E-state index in [9.17, 15) is 31.5 Å². The van der Waals surface area contributed by atoms with E-state index in [1.807, 2.05) is 0 Å². The fraction of sp³-hybridized carbons (Fsp3) is 0.464. The zero-order chi connectivity index (χ0) is 34.5. The maximum absolute atomic E-state index is 13.6. The number of hydrogen-bond donors (Lipinski definition) is 2. The number of carbonyl (C=O) groups excluding carboxylic acids is 1. The van der Waals surface area contributed by atoms with Crippen LogP contribution in [0.2, 0.25) is 0 Å². The molecule has 2 atom stereocenters. The molecular formula is C28H29F5N8O3S. The molecule has 2 fully saturated rings. The maximum atomic E-state index is 13.6. The first kappa shape index (κ1) is 27.2. The number of alkyl carbamates (subject to hydrolysis) is 1. The molecule has 0 spiro atoms. The van der Waals surface area contributed by atoms with Crippen LogP contribution in [0.15, 0.2) is 35.4 Å². The molecule has 1 saturated carbocycles. The molecular weight excluding hydrogens is 623 g/mol. The molecule has 4 aromatic heterocycles. The Kier molecular flexibility index (Phi) is 7.26. The molecule has 0 bridgehead atoms. The lowest BCUT2D eigenvalue weighted by Gasteiger charge is -2.38. The second-order valence-electron chi connectivity index (χ2n) is 11.0. The lowest BCUT2D eigenvalue weighted by molar-refractivity contribution is -0.134. The van der Waals surface area contributed by atoms with E-state index in [0.29, 0.717) is 46.9 Å². The van der Waals surface area contributed by atoms with E-state index in [0.717, 1.165) is 0 Å². The van der Waals surface area contributed by atoms with Gasteiger partial charge in [-0.1, -0.05) is 0 Å². The van der Waals surface area contributed by atoms with Gasteiger partial charge >= 0.3 is 18.0 Å². The van der Waals surface area contributed by atoms with Gasteiger partial charge in [-0.15, -0.1) is 11.3 Å². The van der Waals surface area contributed by atoms with Gasteiger partial charge in [0.05, 0.1) is 30.5 Å². The van der Waals surface area contributed by atoms with E-state index >= 15 is 0 Å². The summed E-state index contributed by atoms with van der Waals surface area (Å²) in [7, 11) is 1.23. The summed E-state index contributed by atoms with van der Waals surface area (Å²) >= 11 is 0.406. The number of hydrogen-bond acceptors (Lipinski definition) is 9. The van der Waals surface area contributed by atoms with Crippen molar-refractivity contribution in [3.63, 3.8) is 0 Å². The summed E-state index contributed by atoms with van der Waals surface area (Å²) in [5, 5.41) is 5.70. The highest BCUT2D eigenvalue weighted by Crippen LogP contribution is 2.37. The number of carbonyl (C=O) groups is 1. The number of ether oxygens (including phenoxy) is 1. The quantitative estimate of drug-likeness (QED) is 0.250. The van der Waals surface area contributed by atoms with Crippen LogP contribution in [0.25, 0.3) is 21.7 Å². The summed E-state index contributed by atoms with van der Waals surface area (Å²) in [5.74, 6) is -0.468. The molecule has 6 rings (SSSR count). The minimum Gasteiger partial charge on any atom is -0.453 e. The van der Waals surface area contributed by atoms with Crippen molar-refractivity contribution in [2.75, 3.05) is 25.5 Å². The smallest absolute Gasteiger partial charge is 0.427 e. The van der Waals surface area contributed by atoms with E-state index in [1.165, 1.54) is 23.9 Å². The van der Waals surface area contributed by atoms with Gasteiger partial charge in [-0.3, -0.25) is 14.0 Å². The Morgan fingerprint density at radius 2 is 1.96 bits per heavy atom. The molecule has 5 heterocycles. The Hall–Kier alpha value is -4.12. The zero-order valence-corrected chi connectivity index (χ0v) is 24.5. The summed E-state index contributed by atoms with van der Waals surface area (Å²) in [6.07, 6.45) is -4.43. The number of nitrogens with one attached hydrogen (secondary N) is 2. The van der Waals surface area contributed by atoms with Gasteiger partial charge in [0, 0.05) is 54.8 Å². The largest absolute Gasteiger partial charge is 0.453 e. The van der Waals surface area contributed by atoms with E-state index in [1.54, 1.807) is 17.0 Å². The van der Waals surface area contributed by atoms with Crippen LogP contribution in [-0.4, -0.2) is 67.7 Å². The number of methoxy groups -OCH3 is 1. The van der Waals surface area contributed by atoms with Crippen LogP contribution < -0.4 is 16.3 Å². The summed E-state index contributed by atoms with van der Waals surface area (Å²) < 4.78 is 96.8. The van der Waals surface area contributed by atoms with Crippen molar-refractivity contribution in [2.45, 2.75) is 50.5 Å². The normalized spacial score (nSPS) is 20.6. The molecule has 0 radical (unpaired) electrons. The molecule has 2 aliphatic rings. The molecule has 45 heavy (non-hydrogen) atoms. The molecule has 1 saturated heterocycles. The minimum atomic E-state index is -4.61. The minimum absolute atomic E-state index is 0.00959. The van der Waals surface area contributed by atoms with Crippen molar-refractivity contribution < 1.29 is 35.6 Å². The molecule has 1 aliphatic heterocycles. The Morgan fingerprint density at radius 1 is 1.16 bits per heavy atom. The van der Waals surface area contributed by atoms with Gasteiger partial charge in [-0.25, -0.2) is 33.3 Å². The van der Waals surface area contributed by atoms with Crippen LogP contribution in [0.4, 0.5) is 38.4 Å². The van der Waals surface area contributed by atoms with Gasteiger partial charge < -0.3 is 15.4 Å². The van der Waals surface area contributed by atoms with Crippen LogP contribution in [0.5, 0.6) is 0 Å². The zero-order valence-electron chi connectivity index (χ0n) is 26.6. The number of fused-ring (bicyclic) bond motifs is 1. The number of halogens is 5. The maximum Gasteiger partial charge on any atom is 0.427 e. The number of alkyl halides is 5. The number of pyridine rings is 2. The number of nitrogens with zero attached hydrogens (tertiary/aromatic N) is 6. The van der Waals surface area contributed by atoms with Crippen LogP contribution in [0.3, 0.4) is 0 Å². The molecule has 2 N–H and O–H groups in total. The molecule has 1 aliphatic carbocycles. The topological polar surface area (TPSA) is 119 Å². The Balaban J connectivity index is 1.36. The van der Waals surface area contributed by atoms with Gasteiger partial charge in [-0.2, -0.15) is 13.2 Å². The molecule has 17 heteroatoms. The number of anilines is 2. The predicted octanol–water partition coefficient (Wildman–Crippen LogP) is 5.16. The molecule has 11 nitrogen and oxygen atoms in total. The first-order valence-corrected chi connectivity index (χ1v) is 14.7. The second-order valence-corrected chi connectivity index (χ2v) is 12.1. The van der Waals surface area contributed by atoms with Crippen molar-refractivity contribution in [3.05, 3.63) is 51.5 Å². The SMILES string of the molecule is [2H]C([2H])([2H])n1c(=O)n([C@@H]2CC[C@@H](NC(=O)OC)C2)c2cc(Nc3cc(CN4CC(C(F)F)C4)cc(-c4ncc(C(F)(F)F)s4)n3)ncc21. The van der Waals surface area contributed by atoms with Crippen molar-refractivity contribution in [1.82, 2.24) is 34.3 Å². The summed E-state index contributed by atoms with van der Waals surface area (Å²) in [6, 6.07) is 3.85. The van der Waals surface area contributed by atoms with Crippen LogP contribution in [0, 0.1) is 5.92 Å². The van der Waals surface area contributed by atoms with Gasteiger partial charge in [0.25, 0.3) is 0 Å². The third-order valence-corrected chi connectivity index (χ3v) is 9.00. The number of amides is 1. The molecule has 240 valence electrons. The van der Waals surface area contributed by atoms with Gasteiger partial charge in [0.15, 0.2) is 0 Å². The highest BCUT2D eigenvalue weighted by molar-refractivity contribution is 7.15. The van der Waals surface area contributed by atoms with E-state index in [4.69, 9.17) is 4.11 Å². The lowest BCUT2D eigenvalue weighted by atomic mass is 10.00. The van der Waals surface area contributed by atoms with Crippen molar-refractivity contribution in [1.29, 1.82) is 0 Å². The van der Waals surface area contributed by atoms with Gasteiger partial charge in [0.2, 0.25) is 6.43 Å². The third kappa shape index (κ3) is 6.36. The van der Waals surface area contributed by atoms with Crippen molar-refractivity contribution >= 4 is 40.1 Å². The van der Waals surface area contributed by atoms with Crippen LogP contribution in [0.1, 0.15) is 39.9 Å². The molecule has 1 amide bonds. The first-order chi connectivity index (χ1) is 22.6. The number of likely N-dealkylation sites (tertiary alicyclic amines) is 1. The van der Waals surface area contributed by atoms with Gasteiger partial charge in [0.1, 0.15) is 27.2 Å². The van der Waals surface area contributed by atoms with Crippen LogP contribution in [-0.2, 0) is 24.4 Å². The van der Waals surface area contributed by atoms with E-state index < -0.39 is 48.2 Å². The van der Waals surface area contributed by atoms with Crippen molar-refractivity contribution in [2.24, 2.45) is 12.9 Å². The Labute approximate surface area is 261 Å². The Bertz CT molecular complexity index is 1890. The first-order valence-electron chi connectivity index (χ1n) is 15.4. The number of aromatic nitrogens is 5. The predicted molar refractivity (Wildman–Crippen MR) is 156 cm³/mol. The van der Waals surface area contributed by atoms with E-state index in [-0.39, 0.29) is 59.0 Å². The fourth-order valence-corrected chi connectivity index (χ4v) is 6.49. The number of aryl methyl sites for hydroxylation is 1. The summed E-state index contributed by atoms with van der Waals surface area (Å²) in [6.45, 7) is -2.30. The van der Waals surface area contributed by atoms with Crippen molar-refractivity contribution in [3.8, 4) is 10.7 Å². The molecule has 0 unspecified atom stereocenters. The monoisotopic (exact) mass is 655 g/mol. The average molecular weight is 656 g/mol. The highest BCUT2D eigenvalue weighted by Gasteiger charge is 2.35. The van der Waals surface area contributed by atoms with Gasteiger partial charge in [-0.05, 0) is 37.0 Å². The summed E-state index contributed by atoms with van der Waals surface area (Å²) in [5.41, 5.74) is 0.202. The lowest BCUT2D eigenvalue weighted by Crippen LogP contribution is -2.49.